The molecule has 0 atom stereocenters. The van der Waals surface area contributed by atoms with Crippen LogP contribution in [0.3, 0.4) is 0 Å². The van der Waals surface area contributed by atoms with E-state index < -0.39 is 0 Å². The Hall–Kier alpha value is -2.98. The van der Waals surface area contributed by atoms with Crippen molar-refractivity contribution < 1.29 is 0 Å². The maximum absolute atomic E-state index is 4.78. The average Bonchev–Trinajstić information content (AvgIpc) is 3.06. The van der Waals surface area contributed by atoms with E-state index in [1.54, 1.807) is 6.20 Å². The first-order valence-corrected chi connectivity index (χ1v) is 8.40. The lowest BCUT2D eigenvalue weighted by Gasteiger charge is -2.16. The van der Waals surface area contributed by atoms with E-state index in [9.17, 15) is 0 Å². The molecule has 2 heterocycles. The van der Waals surface area contributed by atoms with E-state index in [4.69, 9.17) is 4.98 Å². The highest BCUT2D eigenvalue weighted by atomic mass is 14.9. The summed E-state index contributed by atoms with van der Waals surface area (Å²) in [6, 6.07) is 16.8. The van der Waals surface area contributed by atoms with Crippen LogP contribution in [0.15, 0.2) is 60.9 Å². The van der Waals surface area contributed by atoms with Gasteiger partial charge in [-0.3, -0.25) is 4.98 Å². The second kappa shape index (κ2) is 6.49. The number of hydrogen-bond donors (Lipinski definition) is 2. The van der Waals surface area contributed by atoms with Crippen LogP contribution >= 0.6 is 0 Å². The second-order valence-electron chi connectivity index (χ2n) is 6.16. The van der Waals surface area contributed by atoms with Crippen LogP contribution in [0.4, 0.5) is 0 Å². The largest absolute Gasteiger partial charge is 0.337 e. The highest BCUT2D eigenvalue weighted by molar-refractivity contribution is 5.88. The van der Waals surface area contributed by atoms with Gasteiger partial charge < -0.3 is 10.3 Å². The molecule has 0 amide bonds. The number of fused-ring (bicyclic) bond motifs is 1. The Morgan fingerprint density at radius 1 is 1.00 bits per heavy atom. The molecule has 0 spiro atoms. The van der Waals surface area contributed by atoms with Crippen LogP contribution in [0.2, 0.25) is 0 Å². The highest BCUT2D eigenvalue weighted by Gasteiger charge is 2.16. The van der Waals surface area contributed by atoms with Crippen LogP contribution in [0, 0.1) is 6.92 Å². The van der Waals surface area contributed by atoms with Gasteiger partial charge in [-0.2, -0.15) is 0 Å². The van der Waals surface area contributed by atoms with Gasteiger partial charge in [-0.25, -0.2) is 4.98 Å². The number of imidazole rings is 1. The average molecular weight is 328 g/mol. The summed E-state index contributed by atoms with van der Waals surface area (Å²) in [5, 5.41) is 3.28. The van der Waals surface area contributed by atoms with E-state index in [-0.39, 0.29) is 0 Å². The van der Waals surface area contributed by atoms with E-state index in [2.05, 4.69) is 64.7 Å². The number of aromatic nitrogens is 3. The van der Waals surface area contributed by atoms with Crippen molar-refractivity contribution in [3.63, 3.8) is 0 Å². The highest BCUT2D eigenvalue weighted by Crippen LogP contribution is 2.36. The molecule has 0 saturated carbocycles. The Balaban J connectivity index is 1.99. The predicted molar refractivity (Wildman–Crippen MR) is 102 cm³/mol. The smallest absolute Gasteiger partial charge is 0.139 e. The molecule has 0 unspecified atom stereocenters. The van der Waals surface area contributed by atoms with E-state index in [0.29, 0.717) is 0 Å². The van der Waals surface area contributed by atoms with Crippen LogP contribution < -0.4 is 5.32 Å². The molecule has 4 heteroatoms. The first-order valence-electron chi connectivity index (χ1n) is 8.40. The SMILES string of the molecule is CNCc1cccc(-c2nc3ccncc3[nH]2)c1-c1ccccc1C. The molecule has 0 fully saturated rings. The Kier molecular flexibility index (Phi) is 4.04. The summed E-state index contributed by atoms with van der Waals surface area (Å²) in [5.74, 6) is 0.874. The molecule has 0 aliphatic rings. The molecule has 25 heavy (non-hydrogen) atoms. The van der Waals surface area contributed by atoms with E-state index >= 15 is 0 Å². The first kappa shape index (κ1) is 15.5. The molecule has 4 rings (SSSR count). The number of nitrogens with one attached hydrogen (secondary N) is 2. The molecule has 0 radical (unpaired) electrons. The standard InChI is InChI=1S/C21H20N4/c1-14-6-3-4-8-16(14)20-15(12-22-2)7-5-9-17(20)21-24-18-10-11-23-13-19(18)25-21/h3-11,13,22H,12H2,1-2H3,(H,24,25). The third-order valence-electron chi connectivity index (χ3n) is 4.47. The van der Waals surface area contributed by atoms with Crippen LogP contribution in [0.1, 0.15) is 11.1 Å². The zero-order valence-corrected chi connectivity index (χ0v) is 14.4. The number of H-pyrrole nitrogens is 1. The van der Waals surface area contributed by atoms with Gasteiger partial charge in [-0.1, -0.05) is 42.5 Å². The number of nitrogens with zero attached hydrogens (tertiary/aromatic N) is 2. The van der Waals surface area contributed by atoms with Crippen molar-refractivity contribution in [3.8, 4) is 22.5 Å². The number of aryl methyl sites for hydroxylation is 1. The van der Waals surface area contributed by atoms with E-state index in [0.717, 1.165) is 29.0 Å². The summed E-state index contributed by atoms with van der Waals surface area (Å²) in [4.78, 5) is 12.4. The molecule has 2 aromatic carbocycles. The minimum Gasteiger partial charge on any atom is -0.337 e. The zero-order valence-electron chi connectivity index (χ0n) is 14.4. The fraction of sp³-hybridized carbons (Fsp3) is 0.143. The van der Waals surface area contributed by atoms with Crippen molar-refractivity contribution in [2.45, 2.75) is 13.5 Å². The Labute approximate surface area is 147 Å². The molecular weight excluding hydrogens is 308 g/mol. The Morgan fingerprint density at radius 3 is 2.64 bits per heavy atom. The van der Waals surface area contributed by atoms with Crippen molar-refractivity contribution >= 4 is 11.0 Å². The van der Waals surface area contributed by atoms with Gasteiger partial charge >= 0.3 is 0 Å². The van der Waals surface area contributed by atoms with Gasteiger partial charge in [0.25, 0.3) is 0 Å². The predicted octanol–water partition coefficient (Wildman–Crippen LogP) is 4.32. The first-order chi connectivity index (χ1) is 12.3. The molecule has 0 bridgehead atoms. The minimum absolute atomic E-state index is 0.805. The Morgan fingerprint density at radius 2 is 1.84 bits per heavy atom. The number of benzene rings is 2. The Bertz CT molecular complexity index is 1000. The fourth-order valence-corrected chi connectivity index (χ4v) is 3.29. The molecule has 2 N–H and O–H groups in total. The summed E-state index contributed by atoms with van der Waals surface area (Å²) in [7, 11) is 1.97. The number of hydrogen-bond acceptors (Lipinski definition) is 3. The van der Waals surface area contributed by atoms with Crippen LogP contribution in [0.5, 0.6) is 0 Å². The summed E-state index contributed by atoms with van der Waals surface area (Å²) >= 11 is 0. The maximum Gasteiger partial charge on any atom is 0.139 e. The fourth-order valence-electron chi connectivity index (χ4n) is 3.29. The zero-order chi connectivity index (χ0) is 17.2. The van der Waals surface area contributed by atoms with Gasteiger partial charge in [-0.15, -0.1) is 0 Å². The van der Waals surface area contributed by atoms with Gasteiger partial charge in [0.2, 0.25) is 0 Å². The molecule has 2 aromatic heterocycles. The lowest BCUT2D eigenvalue weighted by atomic mass is 9.91. The van der Waals surface area contributed by atoms with Crippen molar-refractivity contribution in [1.82, 2.24) is 20.3 Å². The molecule has 124 valence electrons. The molecular formula is C21H20N4. The summed E-state index contributed by atoms with van der Waals surface area (Å²) in [6.45, 7) is 2.96. The molecule has 4 aromatic rings. The van der Waals surface area contributed by atoms with E-state index in [1.807, 2.05) is 19.3 Å². The quantitative estimate of drug-likeness (QED) is 0.586. The van der Waals surface area contributed by atoms with Crippen LogP contribution in [0.25, 0.3) is 33.5 Å². The maximum atomic E-state index is 4.78. The van der Waals surface area contributed by atoms with Gasteiger partial charge in [0.1, 0.15) is 5.82 Å². The molecule has 0 saturated heterocycles. The van der Waals surface area contributed by atoms with Gasteiger partial charge in [-0.05, 0) is 42.3 Å². The van der Waals surface area contributed by atoms with Gasteiger partial charge in [0.15, 0.2) is 0 Å². The minimum atomic E-state index is 0.805. The summed E-state index contributed by atoms with van der Waals surface area (Å²) in [6.07, 6.45) is 3.59. The van der Waals surface area contributed by atoms with E-state index in [1.165, 1.54) is 22.3 Å². The van der Waals surface area contributed by atoms with Crippen molar-refractivity contribution in [2.24, 2.45) is 0 Å². The third kappa shape index (κ3) is 2.81. The van der Waals surface area contributed by atoms with Crippen molar-refractivity contribution in [2.75, 3.05) is 7.05 Å². The number of pyridine rings is 1. The number of aromatic amines is 1. The third-order valence-corrected chi connectivity index (χ3v) is 4.47. The molecule has 0 aliphatic heterocycles. The lowest BCUT2D eigenvalue weighted by molar-refractivity contribution is 0.819. The second-order valence-corrected chi connectivity index (χ2v) is 6.16. The van der Waals surface area contributed by atoms with Gasteiger partial charge in [0.05, 0.1) is 17.2 Å². The summed E-state index contributed by atoms with van der Waals surface area (Å²) < 4.78 is 0. The van der Waals surface area contributed by atoms with Crippen molar-refractivity contribution in [1.29, 1.82) is 0 Å². The monoisotopic (exact) mass is 328 g/mol. The lowest BCUT2D eigenvalue weighted by Crippen LogP contribution is -2.07. The molecule has 4 nitrogen and oxygen atoms in total. The summed E-state index contributed by atoms with van der Waals surface area (Å²) in [5.41, 5.74) is 7.96. The molecule has 0 aliphatic carbocycles. The van der Waals surface area contributed by atoms with Crippen LogP contribution in [-0.2, 0) is 6.54 Å². The van der Waals surface area contributed by atoms with Crippen molar-refractivity contribution in [3.05, 3.63) is 72.1 Å². The number of rotatable bonds is 4. The topological polar surface area (TPSA) is 53.6 Å². The van der Waals surface area contributed by atoms with Gasteiger partial charge in [0, 0.05) is 18.3 Å². The van der Waals surface area contributed by atoms with Crippen LogP contribution in [-0.4, -0.2) is 22.0 Å². The normalized spacial score (nSPS) is 11.1.